The van der Waals surface area contributed by atoms with Crippen LogP contribution in [0.4, 0.5) is 0 Å². The predicted molar refractivity (Wildman–Crippen MR) is 79.6 cm³/mol. The van der Waals surface area contributed by atoms with Crippen molar-refractivity contribution >= 4 is 16.8 Å². The second-order valence-corrected chi connectivity index (χ2v) is 5.06. The van der Waals surface area contributed by atoms with Gasteiger partial charge in [0.25, 0.3) is 0 Å². The van der Waals surface area contributed by atoms with Gasteiger partial charge in [0.2, 0.25) is 5.91 Å². The number of rotatable bonds is 5. The third kappa shape index (κ3) is 3.10. The summed E-state index contributed by atoms with van der Waals surface area (Å²) in [6.45, 7) is 2.83. The van der Waals surface area contributed by atoms with Gasteiger partial charge in [-0.25, -0.2) is 0 Å². The number of carbonyl (C=O) groups excluding carboxylic acids is 1. The van der Waals surface area contributed by atoms with Crippen molar-refractivity contribution < 1.29 is 4.79 Å². The average molecular weight is 283 g/mol. The summed E-state index contributed by atoms with van der Waals surface area (Å²) in [5.41, 5.74) is 0.965. The van der Waals surface area contributed by atoms with E-state index in [9.17, 15) is 4.79 Å². The number of nitrogens with one attached hydrogen (secondary N) is 1. The quantitative estimate of drug-likeness (QED) is 0.770. The molecule has 6 heteroatoms. The van der Waals surface area contributed by atoms with Gasteiger partial charge >= 0.3 is 0 Å². The van der Waals surface area contributed by atoms with Crippen LogP contribution in [-0.4, -0.2) is 31.5 Å². The van der Waals surface area contributed by atoms with Gasteiger partial charge < -0.3 is 5.32 Å². The van der Waals surface area contributed by atoms with Crippen molar-refractivity contribution in [3.05, 3.63) is 48.9 Å². The Kier molecular flexibility index (Phi) is 3.68. The smallest absolute Gasteiger partial charge is 0.242 e. The third-order valence-corrected chi connectivity index (χ3v) is 3.27. The molecule has 108 valence electrons. The number of fused-ring (bicyclic) bond motifs is 1. The molecule has 1 aromatic carbocycles. The van der Waals surface area contributed by atoms with E-state index in [4.69, 9.17) is 0 Å². The molecule has 0 aliphatic carbocycles. The van der Waals surface area contributed by atoms with Crippen molar-refractivity contribution in [3.63, 3.8) is 0 Å². The van der Waals surface area contributed by atoms with Crippen LogP contribution in [0.1, 0.15) is 6.92 Å². The molecule has 0 saturated carbocycles. The zero-order valence-corrected chi connectivity index (χ0v) is 11.8. The van der Waals surface area contributed by atoms with E-state index in [1.54, 1.807) is 21.8 Å². The first kappa shape index (κ1) is 13.4. The summed E-state index contributed by atoms with van der Waals surface area (Å²) in [7, 11) is 0. The van der Waals surface area contributed by atoms with E-state index in [0.717, 1.165) is 10.9 Å². The van der Waals surface area contributed by atoms with E-state index in [-0.39, 0.29) is 18.5 Å². The normalized spacial score (nSPS) is 12.4. The van der Waals surface area contributed by atoms with Crippen LogP contribution in [-0.2, 0) is 17.9 Å². The number of nitrogens with zero attached hydrogens (tertiary/aromatic N) is 4. The van der Waals surface area contributed by atoms with Crippen molar-refractivity contribution in [2.24, 2.45) is 0 Å². The molecule has 0 spiro atoms. The van der Waals surface area contributed by atoms with Crippen LogP contribution in [0, 0.1) is 0 Å². The van der Waals surface area contributed by atoms with Crippen LogP contribution in [0.3, 0.4) is 0 Å². The van der Waals surface area contributed by atoms with Gasteiger partial charge in [0, 0.05) is 23.8 Å². The maximum atomic E-state index is 12.1. The van der Waals surface area contributed by atoms with E-state index in [0.29, 0.717) is 6.54 Å². The van der Waals surface area contributed by atoms with Gasteiger partial charge in [0.15, 0.2) is 0 Å². The lowest BCUT2D eigenvalue weighted by Crippen LogP contribution is -2.38. The molecule has 0 radical (unpaired) electrons. The van der Waals surface area contributed by atoms with Crippen LogP contribution in [0.5, 0.6) is 0 Å². The Balaban J connectivity index is 1.61. The fourth-order valence-electron chi connectivity index (χ4n) is 2.34. The molecule has 1 atom stereocenters. The largest absolute Gasteiger partial charge is 0.350 e. The Morgan fingerprint density at radius 2 is 2.14 bits per heavy atom. The minimum absolute atomic E-state index is 0.0132. The van der Waals surface area contributed by atoms with Gasteiger partial charge in [0.05, 0.1) is 18.3 Å². The summed E-state index contributed by atoms with van der Waals surface area (Å²) < 4.78 is 3.51. The first-order chi connectivity index (χ1) is 10.2. The van der Waals surface area contributed by atoms with Crippen LogP contribution >= 0.6 is 0 Å². The molecule has 1 amide bonds. The molecular weight excluding hydrogens is 266 g/mol. The summed E-state index contributed by atoms with van der Waals surface area (Å²) in [5.74, 6) is -0.0523. The molecule has 0 bridgehead atoms. The molecule has 21 heavy (non-hydrogen) atoms. The van der Waals surface area contributed by atoms with E-state index in [1.165, 1.54) is 0 Å². The molecule has 0 fully saturated rings. The number of carbonyl (C=O) groups is 1. The Morgan fingerprint density at radius 3 is 2.95 bits per heavy atom. The maximum Gasteiger partial charge on any atom is 0.242 e. The molecule has 3 rings (SSSR count). The lowest BCUT2D eigenvalue weighted by Gasteiger charge is -2.14. The summed E-state index contributed by atoms with van der Waals surface area (Å²) >= 11 is 0. The zero-order valence-electron chi connectivity index (χ0n) is 11.8. The van der Waals surface area contributed by atoms with Crippen molar-refractivity contribution in [1.29, 1.82) is 0 Å². The SMILES string of the molecule is C[C@@H](Cn1cccn1)NC(=O)Cn1ncc2ccccc21. The van der Waals surface area contributed by atoms with Crippen LogP contribution in [0.25, 0.3) is 10.9 Å². The fourth-order valence-corrected chi connectivity index (χ4v) is 2.34. The molecule has 0 aliphatic heterocycles. The number of hydrogen-bond acceptors (Lipinski definition) is 3. The molecule has 0 unspecified atom stereocenters. The maximum absolute atomic E-state index is 12.1. The topological polar surface area (TPSA) is 64.7 Å². The Morgan fingerprint density at radius 1 is 1.29 bits per heavy atom. The number of hydrogen-bond donors (Lipinski definition) is 1. The molecule has 0 aliphatic rings. The van der Waals surface area contributed by atoms with E-state index < -0.39 is 0 Å². The number of para-hydroxylation sites is 1. The Hall–Kier alpha value is -2.63. The lowest BCUT2D eigenvalue weighted by molar-refractivity contribution is -0.122. The van der Waals surface area contributed by atoms with E-state index >= 15 is 0 Å². The van der Waals surface area contributed by atoms with Crippen molar-refractivity contribution in [2.45, 2.75) is 26.1 Å². The van der Waals surface area contributed by atoms with Crippen LogP contribution in [0.15, 0.2) is 48.9 Å². The van der Waals surface area contributed by atoms with Gasteiger partial charge in [0.1, 0.15) is 6.54 Å². The third-order valence-electron chi connectivity index (χ3n) is 3.27. The second kappa shape index (κ2) is 5.78. The lowest BCUT2D eigenvalue weighted by atomic mass is 10.2. The van der Waals surface area contributed by atoms with Gasteiger partial charge in [-0.15, -0.1) is 0 Å². The minimum Gasteiger partial charge on any atom is -0.350 e. The fraction of sp³-hybridized carbons (Fsp3) is 0.267. The summed E-state index contributed by atoms with van der Waals surface area (Å²) in [5, 5.41) is 12.4. The highest BCUT2D eigenvalue weighted by atomic mass is 16.2. The highest BCUT2D eigenvalue weighted by Crippen LogP contribution is 2.12. The number of benzene rings is 1. The van der Waals surface area contributed by atoms with Gasteiger partial charge in [-0.2, -0.15) is 10.2 Å². The second-order valence-electron chi connectivity index (χ2n) is 5.06. The molecule has 0 saturated heterocycles. The van der Waals surface area contributed by atoms with Gasteiger partial charge in [-0.3, -0.25) is 14.2 Å². The van der Waals surface area contributed by atoms with Crippen molar-refractivity contribution in [3.8, 4) is 0 Å². The number of amides is 1. The highest BCUT2D eigenvalue weighted by Gasteiger charge is 2.10. The molecule has 6 nitrogen and oxygen atoms in total. The van der Waals surface area contributed by atoms with Gasteiger partial charge in [-0.1, -0.05) is 18.2 Å². The molecule has 3 aromatic rings. The first-order valence-corrected chi connectivity index (χ1v) is 6.90. The minimum atomic E-state index is -0.0523. The summed E-state index contributed by atoms with van der Waals surface area (Å²) in [6, 6.07) is 9.73. The van der Waals surface area contributed by atoms with Gasteiger partial charge in [-0.05, 0) is 19.1 Å². The summed E-state index contributed by atoms with van der Waals surface area (Å²) in [6.07, 6.45) is 5.38. The monoisotopic (exact) mass is 283 g/mol. The molecule has 2 aromatic heterocycles. The molecule has 1 N–H and O–H groups in total. The first-order valence-electron chi connectivity index (χ1n) is 6.90. The van der Waals surface area contributed by atoms with Crippen molar-refractivity contribution in [2.75, 3.05) is 0 Å². The Bertz CT molecular complexity index is 731. The number of aromatic nitrogens is 4. The molecule has 2 heterocycles. The summed E-state index contributed by atoms with van der Waals surface area (Å²) in [4.78, 5) is 12.1. The predicted octanol–water partition coefficient (Wildman–Crippen LogP) is 1.44. The van der Waals surface area contributed by atoms with Crippen LogP contribution < -0.4 is 5.32 Å². The van der Waals surface area contributed by atoms with E-state index in [1.807, 2.05) is 43.5 Å². The van der Waals surface area contributed by atoms with Crippen LogP contribution in [0.2, 0.25) is 0 Å². The molecular formula is C15H17N5O. The Labute approximate surface area is 122 Å². The average Bonchev–Trinajstić information content (AvgIpc) is 3.09. The van der Waals surface area contributed by atoms with E-state index in [2.05, 4.69) is 15.5 Å². The highest BCUT2D eigenvalue weighted by molar-refractivity contribution is 5.82. The van der Waals surface area contributed by atoms with Crippen molar-refractivity contribution in [1.82, 2.24) is 24.9 Å². The standard InChI is InChI=1S/C15H17N5O/c1-12(10-19-8-4-7-16-19)18-15(21)11-20-14-6-3-2-5-13(14)9-17-20/h2-9,12H,10-11H2,1H3,(H,18,21)/t12-/m0/s1. The zero-order chi connectivity index (χ0) is 14.7.